The van der Waals surface area contributed by atoms with Crippen LogP contribution in [0.5, 0.6) is 17.2 Å². The van der Waals surface area contributed by atoms with E-state index in [0.717, 1.165) is 33.9 Å². The Bertz CT molecular complexity index is 1050. The van der Waals surface area contributed by atoms with Gasteiger partial charge in [-0.1, -0.05) is 48.5 Å². The number of para-hydroxylation sites is 1. The fraction of sp³-hybridized carbons (Fsp3) is 0.208. The predicted octanol–water partition coefficient (Wildman–Crippen LogP) is 4.51. The van der Waals surface area contributed by atoms with Crippen molar-refractivity contribution in [3.05, 3.63) is 83.4 Å². The average molecular weight is 387 g/mol. The monoisotopic (exact) mass is 387 g/mol. The summed E-state index contributed by atoms with van der Waals surface area (Å²) < 4.78 is 17.6. The van der Waals surface area contributed by atoms with E-state index in [1.807, 2.05) is 66.7 Å². The van der Waals surface area contributed by atoms with Crippen LogP contribution in [0, 0.1) is 0 Å². The molecule has 29 heavy (non-hydrogen) atoms. The summed E-state index contributed by atoms with van der Waals surface area (Å²) in [6.45, 7) is 1.52. The van der Waals surface area contributed by atoms with Gasteiger partial charge in [0.1, 0.15) is 25.6 Å². The van der Waals surface area contributed by atoms with Gasteiger partial charge in [-0.25, -0.2) is 0 Å². The highest BCUT2D eigenvalue weighted by molar-refractivity contribution is 5.96. The van der Waals surface area contributed by atoms with Crippen LogP contribution in [0.25, 0.3) is 0 Å². The minimum atomic E-state index is -0.110. The fourth-order valence-electron chi connectivity index (χ4n) is 3.91. The normalized spacial score (nSPS) is 17.2. The Kier molecular flexibility index (Phi) is 4.56. The molecule has 5 rings (SSSR count). The van der Waals surface area contributed by atoms with E-state index in [1.54, 1.807) is 0 Å². The maximum Gasteiger partial charge on any atom is 0.225 e. The van der Waals surface area contributed by atoms with Crippen LogP contribution in [0.3, 0.4) is 0 Å². The molecule has 0 bridgehead atoms. The molecular formula is C24H21NO4. The molecule has 5 nitrogen and oxygen atoms in total. The van der Waals surface area contributed by atoms with Crippen molar-refractivity contribution in [3.63, 3.8) is 0 Å². The van der Waals surface area contributed by atoms with Gasteiger partial charge in [0.15, 0.2) is 11.5 Å². The van der Waals surface area contributed by atoms with Crippen molar-refractivity contribution >= 4 is 11.6 Å². The molecule has 0 unspecified atom stereocenters. The van der Waals surface area contributed by atoms with E-state index in [2.05, 4.69) is 5.32 Å². The van der Waals surface area contributed by atoms with Crippen LogP contribution in [0.4, 0.5) is 5.69 Å². The van der Waals surface area contributed by atoms with E-state index in [1.165, 1.54) is 0 Å². The molecule has 0 saturated heterocycles. The van der Waals surface area contributed by atoms with Crippen LogP contribution in [0.1, 0.15) is 29.0 Å². The molecule has 2 aliphatic heterocycles. The summed E-state index contributed by atoms with van der Waals surface area (Å²) in [5.41, 5.74) is 3.89. The summed E-state index contributed by atoms with van der Waals surface area (Å²) in [4.78, 5) is 12.4. The second-order valence-corrected chi connectivity index (χ2v) is 7.20. The molecule has 0 fully saturated rings. The SMILES string of the molecule is O=C1C[C@@H](c2ccccc2OCc2ccccc2)c2cc3c(cc2N1)OCCO3. The Morgan fingerprint density at radius 2 is 1.62 bits per heavy atom. The molecule has 0 spiro atoms. The zero-order valence-corrected chi connectivity index (χ0v) is 15.9. The summed E-state index contributed by atoms with van der Waals surface area (Å²) in [5.74, 6) is 2.05. The minimum Gasteiger partial charge on any atom is -0.489 e. The number of hydrogen-bond donors (Lipinski definition) is 1. The van der Waals surface area contributed by atoms with Gasteiger partial charge in [-0.3, -0.25) is 4.79 Å². The first kappa shape index (κ1) is 17.6. The van der Waals surface area contributed by atoms with Crippen molar-refractivity contribution in [3.8, 4) is 17.2 Å². The zero-order chi connectivity index (χ0) is 19.6. The number of carbonyl (C=O) groups excluding carboxylic acids is 1. The molecule has 0 aromatic heterocycles. The Morgan fingerprint density at radius 1 is 0.897 bits per heavy atom. The van der Waals surface area contributed by atoms with Crippen LogP contribution in [-0.4, -0.2) is 19.1 Å². The lowest BCUT2D eigenvalue weighted by Crippen LogP contribution is -2.25. The van der Waals surface area contributed by atoms with Crippen LogP contribution in [-0.2, 0) is 11.4 Å². The van der Waals surface area contributed by atoms with Gasteiger partial charge in [0.2, 0.25) is 5.91 Å². The van der Waals surface area contributed by atoms with Crippen molar-refractivity contribution < 1.29 is 19.0 Å². The van der Waals surface area contributed by atoms with E-state index in [4.69, 9.17) is 14.2 Å². The van der Waals surface area contributed by atoms with E-state index < -0.39 is 0 Å². The van der Waals surface area contributed by atoms with Gasteiger partial charge >= 0.3 is 0 Å². The van der Waals surface area contributed by atoms with E-state index in [0.29, 0.717) is 32.0 Å². The van der Waals surface area contributed by atoms with Crippen molar-refractivity contribution in [2.45, 2.75) is 18.9 Å². The molecule has 0 saturated carbocycles. The summed E-state index contributed by atoms with van der Waals surface area (Å²) in [6.07, 6.45) is 0.359. The molecule has 0 radical (unpaired) electrons. The number of rotatable bonds is 4. The minimum absolute atomic E-state index is 0.0166. The first-order valence-electron chi connectivity index (χ1n) is 9.77. The lowest BCUT2D eigenvalue weighted by Gasteiger charge is -2.29. The molecule has 3 aromatic rings. The number of hydrogen-bond acceptors (Lipinski definition) is 4. The third-order valence-electron chi connectivity index (χ3n) is 5.28. The van der Waals surface area contributed by atoms with Crippen LogP contribution >= 0.6 is 0 Å². The molecule has 146 valence electrons. The van der Waals surface area contributed by atoms with Gasteiger partial charge in [-0.2, -0.15) is 0 Å². The quantitative estimate of drug-likeness (QED) is 0.716. The summed E-state index contributed by atoms with van der Waals surface area (Å²) in [6, 6.07) is 21.8. The summed E-state index contributed by atoms with van der Waals surface area (Å²) >= 11 is 0. The van der Waals surface area contributed by atoms with Gasteiger partial charge in [0.05, 0.1) is 0 Å². The van der Waals surface area contributed by atoms with E-state index >= 15 is 0 Å². The van der Waals surface area contributed by atoms with Crippen molar-refractivity contribution in [1.29, 1.82) is 0 Å². The standard InChI is InChI=1S/C24H21NO4/c26-24-13-18(19-12-22-23(14-20(19)25-24)28-11-10-27-22)17-8-4-5-9-21(17)29-15-16-6-2-1-3-7-16/h1-9,12,14,18H,10-11,13,15H2,(H,25,26)/t18-/m0/s1. The number of amides is 1. The second kappa shape index (κ2) is 7.51. The van der Waals surface area contributed by atoms with Gasteiger partial charge in [-0.15, -0.1) is 0 Å². The largest absolute Gasteiger partial charge is 0.489 e. The van der Waals surface area contributed by atoms with Crippen LogP contribution in [0.15, 0.2) is 66.7 Å². The third kappa shape index (κ3) is 3.51. The Hall–Kier alpha value is -3.47. The number of nitrogens with one attached hydrogen (secondary N) is 1. The summed E-state index contributed by atoms with van der Waals surface area (Å²) in [7, 11) is 0. The number of anilines is 1. The molecule has 2 heterocycles. The van der Waals surface area contributed by atoms with Crippen LogP contribution in [0.2, 0.25) is 0 Å². The molecule has 0 aliphatic carbocycles. The predicted molar refractivity (Wildman–Crippen MR) is 110 cm³/mol. The smallest absolute Gasteiger partial charge is 0.225 e. The molecule has 1 amide bonds. The number of fused-ring (bicyclic) bond motifs is 2. The lowest BCUT2D eigenvalue weighted by atomic mass is 9.84. The zero-order valence-electron chi connectivity index (χ0n) is 15.9. The van der Waals surface area contributed by atoms with Crippen LogP contribution < -0.4 is 19.5 Å². The number of ether oxygens (including phenoxy) is 3. The molecular weight excluding hydrogens is 366 g/mol. The highest BCUT2D eigenvalue weighted by Gasteiger charge is 2.31. The topological polar surface area (TPSA) is 56.8 Å². The highest BCUT2D eigenvalue weighted by atomic mass is 16.6. The molecule has 3 aromatic carbocycles. The Balaban J connectivity index is 1.51. The molecule has 1 atom stereocenters. The Labute approximate surface area is 169 Å². The first-order valence-corrected chi connectivity index (χ1v) is 9.77. The molecule has 5 heteroatoms. The second-order valence-electron chi connectivity index (χ2n) is 7.20. The molecule has 2 aliphatic rings. The summed E-state index contributed by atoms with van der Waals surface area (Å²) in [5, 5.41) is 2.97. The average Bonchev–Trinajstić information content (AvgIpc) is 2.77. The van der Waals surface area contributed by atoms with Crippen molar-refractivity contribution in [2.24, 2.45) is 0 Å². The van der Waals surface area contributed by atoms with Gasteiger partial charge in [0.25, 0.3) is 0 Å². The van der Waals surface area contributed by atoms with E-state index in [9.17, 15) is 4.79 Å². The molecule has 1 N–H and O–H groups in total. The maximum atomic E-state index is 12.4. The maximum absolute atomic E-state index is 12.4. The number of carbonyl (C=O) groups is 1. The van der Waals surface area contributed by atoms with Crippen molar-refractivity contribution in [1.82, 2.24) is 0 Å². The third-order valence-corrected chi connectivity index (χ3v) is 5.28. The van der Waals surface area contributed by atoms with Gasteiger partial charge in [-0.05, 0) is 23.3 Å². The Morgan fingerprint density at radius 3 is 2.45 bits per heavy atom. The fourth-order valence-corrected chi connectivity index (χ4v) is 3.91. The number of benzene rings is 3. The van der Waals surface area contributed by atoms with Gasteiger partial charge in [0, 0.05) is 29.7 Å². The highest BCUT2D eigenvalue weighted by Crippen LogP contribution is 2.45. The lowest BCUT2D eigenvalue weighted by molar-refractivity contribution is -0.116. The van der Waals surface area contributed by atoms with Gasteiger partial charge < -0.3 is 19.5 Å². The first-order chi connectivity index (χ1) is 14.3. The van der Waals surface area contributed by atoms with Crippen molar-refractivity contribution in [2.75, 3.05) is 18.5 Å². The van der Waals surface area contributed by atoms with E-state index in [-0.39, 0.29) is 11.8 Å².